The molecule has 0 N–H and O–H groups in total. The van der Waals surface area contributed by atoms with Crippen molar-refractivity contribution in [2.75, 3.05) is 65.9 Å². The molecule has 0 bridgehead atoms. The summed E-state index contributed by atoms with van der Waals surface area (Å²) in [4.78, 5) is 56.2. The first-order valence-electron chi connectivity index (χ1n) is 12.3. The average Bonchev–Trinajstić information content (AvgIpc) is 2.89. The first-order chi connectivity index (χ1) is 18.2. The van der Waals surface area contributed by atoms with E-state index in [2.05, 4.69) is 0 Å². The molecular formula is C26H35Cl2NO9. The summed E-state index contributed by atoms with van der Waals surface area (Å²) in [6, 6.07) is 3.09. The fraction of sp³-hybridized carbons (Fsp3) is 0.615. The number of carbonyl (C=O) groups excluding carboxylic acids is 4. The fourth-order valence-electron chi connectivity index (χ4n) is 4.83. The van der Waals surface area contributed by atoms with Gasteiger partial charge in [0.1, 0.15) is 11.8 Å². The minimum absolute atomic E-state index is 0.00823. The number of rotatable bonds is 14. The van der Waals surface area contributed by atoms with Crippen molar-refractivity contribution in [3.63, 3.8) is 0 Å². The van der Waals surface area contributed by atoms with Gasteiger partial charge in [0.15, 0.2) is 23.1 Å². The summed E-state index contributed by atoms with van der Waals surface area (Å²) in [6.07, 6.45) is 0. The SMILES string of the molecule is CCOC(=O)[C@H]1C(=O)C(CN(CCCl)CCCl)C(=O)[C@H](C(=O)OCC)C1c1ccc(OC)c(OC)c1OC. The fourth-order valence-corrected chi connectivity index (χ4v) is 5.31. The van der Waals surface area contributed by atoms with E-state index >= 15 is 0 Å². The predicted molar refractivity (Wildman–Crippen MR) is 140 cm³/mol. The van der Waals surface area contributed by atoms with Crippen LogP contribution >= 0.6 is 23.2 Å². The molecule has 1 aliphatic rings. The number of ether oxygens (including phenoxy) is 5. The number of alkyl halides is 2. The van der Waals surface area contributed by atoms with Crippen LogP contribution in [0, 0.1) is 17.8 Å². The zero-order valence-corrected chi connectivity index (χ0v) is 23.8. The van der Waals surface area contributed by atoms with E-state index < -0.39 is 47.2 Å². The Morgan fingerprint density at radius 2 is 1.32 bits per heavy atom. The van der Waals surface area contributed by atoms with E-state index in [0.29, 0.717) is 18.8 Å². The monoisotopic (exact) mass is 575 g/mol. The van der Waals surface area contributed by atoms with Gasteiger partial charge in [0, 0.05) is 42.9 Å². The van der Waals surface area contributed by atoms with E-state index in [1.807, 2.05) is 0 Å². The number of ketones is 2. The number of benzene rings is 1. The van der Waals surface area contributed by atoms with Crippen molar-refractivity contribution in [1.29, 1.82) is 0 Å². The Morgan fingerprint density at radius 1 is 0.816 bits per heavy atom. The van der Waals surface area contributed by atoms with Crippen molar-refractivity contribution in [2.24, 2.45) is 17.8 Å². The molecule has 1 aromatic carbocycles. The van der Waals surface area contributed by atoms with Crippen molar-refractivity contribution in [1.82, 2.24) is 4.90 Å². The summed E-state index contributed by atoms with van der Waals surface area (Å²) in [7, 11) is 4.20. The standard InChI is InChI=1S/C26H35Cl2NO9/c1-6-37-25(32)19-18(15-8-9-17(34-3)24(36-5)23(15)35-4)20(26(33)38-7-2)22(31)16(21(19)30)14-29(12-10-27)13-11-28/h8-9,16,18-20H,6-7,10-14H2,1-5H3/t16?,18?,19-,20-/m1/s1. The molecule has 1 aromatic rings. The average molecular weight is 576 g/mol. The first kappa shape index (κ1) is 31.7. The molecule has 1 saturated carbocycles. The predicted octanol–water partition coefficient (Wildman–Crippen LogP) is 2.70. The van der Waals surface area contributed by atoms with Gasteiger partial charge < -0.3 is 23.7 Å². The molecule has 1 aliphatic carbocycles. The zero-order chi connectivity index (χ0) is 28.4. The summed E-state index contributed by atoms with van der Waals surface area (Å²) in [6.45, 7) is 3.84. The smallest absolute Gasteiger partial charge is 0.317 e. The molecule has 12 heteroatoms. The van der Waals surface area contributed by atoms with Crippen LogP contribution in [0.1, 0.15) is 25.3 Å². The number of nitrogens with zero attached hydrogens (tertiary/aromatic N) is 1. The third kappa shape index (κ3) is 6.71. The molecule has 0 amide bonds. The molecule has 1 fully saturated rings. The minimum Gasteiger partial charge on any atom is -0.493 e. The van der Waals surface area contributed by atoms with Gasteiger partial charge in [-0.2, -0.15) is 0 Å². The molecule has 38 heavy (non-hydrogen) atoms. The maximum atomic E-state index is 13.9. The van der Waals surface area contributed by atoms with Crippen molar-refractivity contribution in [3.8, 4) is 17.2 Å². The number of hydrogen-bond acceptors (Lipinski definition) is 10. The third-order valence-corrected chi connectivity index (χ3v) is 6.77. The van der Waals surface area contributed by atoms with Crippen LogP contribution in [0.15, 0.2) is 12.1 Å². The molecule has 10 nitrogen and oxygen atoms in total. The Hall–Kier alpha value is -2.56. The highest BCUT2D eigenvalue weighted by molar-refractivity contribution is 6.19. The van der Waals surface area contributed by atoms with Crippen LogP contribution in [0.3, 0.4) is 0 Å². The molecular weight excluding hydrogens is 541 g/mol. The van der Waals surface area contributed by atoms with E-state index in [-0.39, 0.29) is 48.6 Å². The summed E-state index contributed by atoms with van der Waals surface area (Å²) in [5, 5.41) is 0. The number of methoxy groups -OCH3 is 3. The minimum atomic E-state index is -1.49. The number of Topliss-reactive ketones (excluding diaryl/α,β-unsaturated/α-hetero) is 2. The van der Waals surface area contributed by atoms with E-state index in [9.17, 15) is 19.2 Å². The lowest BCUT2D eigenvalue weighted by Gasteiger charge is -2.39. The molecule has 2 rings (SSSR count). The van der Waals surface area contributed by atoms with Gasteiger partial charge in [0.05, 0.1) is 40.5 Å². The van der Waals surface area contributed by atoms with Gasteiger partial charge in [-0.05, 0) is 19.9 Å². The van der Waals surface area contributed by atoms with Gasteiger partial charge in [-0.15, -0.1) is 23.2 Å². The van der Waals surface area contributed by atoms with E-state index in [1.54, 1.807) is 24.8 Å². The molecule has 0 aliphatic heterocycles. The lowest BCUT2D eigenvalue weighted by molar-refractivity contribution is -0.164. The normalized spacial score (nSPS) is 21.3. The van der Waals surface area contributed by atoms with Gasteiger partial charge in [0.25, 0.3) is 0 Å². The molecule has 2 atom stereocenters. The van der Waals surface area contributed by atoms with Gasteiger partial charge >= 0.3 is 11.9 Å². The Balaban J connectivity index is 2.80. The van der Waals surface area contributed by atoms with Crippen LogP contribution in [0.2, 0.25) is 0 Å². The summed E-state index contributed by atoms with van der Waals surface area (Å²) in [5.74, 6) is -7.50. The topological polar surface area (TPSA) is 118 Å². The third-order valence-electron chi connectivity index (χ3n) is 6.44. The number of halogens is 2. The van der Waals surface area contributed by atoms with Crippen LogP contribution in [-0.2, 0) is 28.7 Å². The summed E-state index contributed by atoms with van der Waals surface area (Å²) >= 11 is 11.8. The van der Waals surface area contributed by atoms with Crippen LogP contribution in [-0.4, -0.2) is 94.3 Å². The van der Waals surface area contributed by atoms with Crippen LogP contribution in [0.25, 0.3) is 0 Å². The maximum absolute atomic E-state index is 13.9. The number of carbonyl (C=O) groups is 4. The van der Waals surface area contributed by atoms with Crippen LogP contribution in [0.5, 0.6) is 17.2 Å². The Labute approximate surface area is 232 Å². The van der Waals surface area contributed by atoms with Gasteiger partial charge in [-0.3, -0.25) is 24.1 Å². The highest BCUT2D eigenvalue weighted by Gasteiger charge is 2.57. The highest BCUT2D eigenvalue weighted by Crippen LogP contribution is 2.50. The zero-order valence-electron chi connectivity index (χ0n) is 22.3. The summed E-state index contributed by atoms with van der Waals surface area (Å²) in [5.41, 5.74) is 0.236. The molecule has 0 unspecified atom stereocenters. The van der Waals surface area contributed by atoms with Gasteiger partial charge in [-0.1, -0.05) is 6.07 Å². The lowest BCUT2D eigenvalue weighted by atomic mass is 9.63. The molecule has 0 radical (unpaired) electrons. The van der Waals surface area contributed by atoms with E-state index in [0.717, 1.165) is 0 Å². The number of esters is 2. The highest BCUT2D eigenvalue weighted by atomic mass is 35.5. The second-order valence-electron chi connectivity index (χ2n) is 8.44. The number of hydrogen-bond donors (Lipinski definition) is 0. The Morgan fingerprint density at radius 3 is 1.71 bits per heavy atom. The van der Waals surface area contributed by atoms with Crippen molar-refractivity contribution < 1.29 is 42.9 Å². The largest absolute Gasteiger partial charge is 0.493 e. The van der Waals surface area contributed by atoms with Crippen molar-refractivity contribution >= 4 is 46.7 Å². The Bertz CT molecular complexity index is 959. The van der Waals surface area contributed by atoms with E-state index in [1.165, 1.54) is 27.4 Å². The molecule has 0 spiro atoms. The quantitative estimate of drug-likeness (QED) is 0.186. The van der Waals surface area contributed by atoms with Gasteiger partial charge in [-0.25, -0.2) is 0 Å². The molecule has 212 valence electrons. The second-order valence-corrected chi connectivity index (χ2v) is 9.20. The second kappa shape index (κ2) is 15.1. The molecule has 0 saturated heterocycles. The lowest BCUT2D eigenvalue weighted by Crippen LogP contribution is -2.55. The maximum Gasteiger partial charge on any atom is 0.317 e. The van der Waals surface area contributed by atoms with Gasteiger partial charge in [0.2, 0.25) is 5.75 Å². The van der Waals surface area contributed by atoms with Crippen molar-refractivity contribution in [3.05, 3.63) is 17.7 Å². The van der Waals surface area contributed by atoms with Crippen LogP contribution in [0.4, 0.5) is 0 Å². The first-order valence-corrected chi connectivity index (χ1v) is 13.4. The molecule has 0 aromatic heterocycles. The van der Waals surface area contributed by atoms with E-state index in [4.69, 9.17) is 46.9 Å². The Kier molecular flexibility index (Phi) is 12.6. The molecule has 0 heterocycles. The van der Waals surface area contributed by atoms with Crippen molar-refractivity contribution in [2.45, 2.75) is 19.8 Å². The van der Waals surface area contributed by atoms with Crippen LogP contribution < -0.4 is 14.2 Å². The summed E-state index contributed by atoms with van der Waals surface area (Å²) < 4.78 is 27.0.